The van der Waals surface area contributed by atoms with E-state index in [0.717, 1.165) is 42.4 Å². The highest BCUT2D eigenvalue weighted by Crippen LogP contribution is 2.40. The molecule has 106 valence electrons. The van der Waals surface area contributed by atoms with Crippen molar-refractivity contribution >= 4 is 11.9 Å². The number of fused-ring (bicyclic) bond motifs is 1. The van der Waals surface area contributed by atoms with Crippen LogP contribution >= 0.6 is 0 Å². The second kappa shape index (κ2) is 4.93. The molecule has 0 amide bonds. The summed E-state index contributed by atoms with van der Waals surface area (Å²) in [6, 6.07) is 1.64. The van der Waals surface area contributed by atoms with Gasteiger partial charge in [0.25, 0.3) is 0 Å². The Hall–Kier alpha value is -1.84. The standard InChI is InChI=1S/C16H18O4/c17-15(18)13-8-12(9-4-2-1-3-5-9)14(16(19)20)11-7-6-10(11)13/h8-9H,1-7H2,(H,17,18)(H,19,20). The van der Waals surface area contributed by atoms with Gasteiger partial charge < -0.3 is 10.2 Å². The van der Waals surface area contributed by atoms with Crippen LogP contribution in [0.4, 0.5) is 0 Å². The lowest BCUT2D eigenvalue weighted by molar-refractivity contribution is 0.0675. The number of carbonyl (C=O) groups is 2. The van der Waals surface area contributed by atoms with Crippen LogP contribution in [-0.2, 0) is 12.8 Å². The number of carboxylic acids is 2. The minimum atomic E-state index is -0.935. The zero-order valence-corrected chi connectivity index (χ0v) is 11.3. The Labute approximate surface area is 117 Å². The minimum Gasteiger partial charge on any atom is -0.478 e. The van der Waals surface area contributed by atoms with Crippen LogP contribution in [0.2, 0.25) is 0 Å². The van der Waals surface area contributed by atoms with Crippen LogP contribution in [0.1, 0.15) is 75.4 Å². The van der Waals surface area contributed by atoms with E-state index in [1.165, 1.54) is 6.42 Å². The molecule has 20 heavy (non-hydrogen) atoms. The molecule has 1 aromatic rings. The molecule has 1 aromatic carbocycles. The molecule has 0 spiro atoms. The molecule has 2 N–H and O–H groups in total. The number of hydrogen-bond acceptors (Lipinski definition) is 2. The van der Waals surface area contributed by atoms with Gasteiger partial charge in [0.05, 0.1) is 11.1 Å². The van der Waals surface area contributed by atoms with E-state index < -0.39 is 11.9 Å². The van der Waals surface area contributed by atoms with Gasteiger partial charge in [0.15, 0.2) is 0 Å². The Morgan fingerprint density at radius 3 is 2.10 bits per heavy atom. The number of hydrogen-bond donors (Lipinski definition) is 2. The van der Waals surface area contributed by atoms with Crippen LogP contribution in [0.25, 0.3) is 0 Å². The van der Waals surface area contributed by atoms with Crippen molar-refractivity contribution in [2.24, 2.45) is 0 Å². The van der Waals surface area contributed by atoms with Crippen molar-refractivity contribution in [3.05, 3.63) is 33.9 Å². The molecule has 1 fully saturated rings. The van der Waals surface area contributed by atoms with Gasteiger partial charge in [-0.3, -0.25) is 0 Å². The van der Waals surface area contributed by atoms with Gasteiger partial charge in [-0.2, -0.15) is 0 Å². The highest BCUT2D eigenvalue weighted by atomic mass is 16.4. The van der Waals surface area contributed by atoms with Gasteiger partial charge in [-0.1, -0.05) is 19.3 Å². The summed E-state index contributed by atoms with van der Waals surface area (Å²) >= 11 is 0. The molecule has 0 saturated heterocycles. The van der Waals surface area contributed by atoms with Crippen molar-refractivity contribution in [3.8, 4) is 0 Å². The Bertz CT molecular complexity index is 583. The average molecular weight is 274 g/mol. The van der Waals surface area contributed by atoms with E-state index in [1.54, 1.807) is 6.07 Å². The molecular weight excluding hydrogens is 256 g/mol. The molecule has 3 rings (SSSR count). The van der Waals surface area contributed by atoms with Crippen LogP contribution in [0.3, 0.4) is 0 Å². The quantitative estimate of drug-likeness (QED) is 0.887. The molecule has 0 atom stereocenters. The predicted molar refractivity (Wildman–Crippen MR) is 73.6 cm³/mol. The zero-order chi connectivity index (χ0) is 14.3. The molecule has 0 radical (unpaired) electrons. The minimum absolute atomic E-state index is 0.207. The van der Waals surface area contributed by atoms with E-state index in [2.05, 4.69) is 0 Å². The van der Waals surface area contributed by atoms with E-state index in [-0.39, 0.29) is 5.92 Å². The van der Waals surface area contributed by atoms with Gasteiger partial charge >= 0.3 is 11.9 Å². The average Bonchev–Trinajstić information content (AvgIpc) is 2.39. The maximum atomic E-state index is 11.6. The molecule has 0 unspecified atom stereocenters. The fraction of sp³-hybridized carbons (Fsp3) is 0.500. The first-order chi connectivity index (χ1) is 9.59. The van der Waals surface area contributed by atoms with E-state index in [0.29, 0.717) is 24.0 Å². The third-order valence-electron chi connectivity index (χ3n) is 4.69. The van der Waals surface area contributed by atoms with Crippen molar-refractivity contribution in [2.75, 3.05) is 0 Å². The zero-order valence-electron chi connectivity index (χ0n) is 11.3. The summed E-state index contributed by atoms with van der Waals surface area (Å²) in [5.41, 5.74) is 2.96. The molecular formula is C16H18O4. The molecule has 0 aliphatic heterocycles. The summed E-state index contributed by atoms with van der Waals surface area (Å²) in [5, 5.41) is 18.8. The van der Waals surface area contributed by atoms with Crippen LogP contribution < -0.4 is 0 Å². The SMILES string of the molecule is O=C(O)c1cc(C2CCCCC2)c(C(=O)O)c2c1CC2. The normalized spacial score (nSPS) is 18.2. The largest absolute Gasteiger partial charge is 0.478 e. The number of carboxylic acid groups (broad SMARTS) is 2. The first kappa shape index (κ1) is 13.2. The summed E-state index contributed by atoms with van der Waals surface area (Å²) in [7, 11) is 0. The second-order valence-electron chi connectivity index (χ2n) is 5.79. The van der Waals surface area contributed by atoms with E-state index >= 15 is 0 Å². The highest BCUT2D eigenvalue weighted by molar-refractivity contribution is 5.97. The Kier molecular flexibility index (Phi) is 3.24. The fourth-order valence-electron chi connectivity index (χ4n) is 3.62. The first-order valence-corrected chi connectivity index (χ1v) is 7.25. The predicted octanol–water partition coefficient (Wildman–Crippen LogP) is 3.23. The Balaban J connectivity index is 2.15. The number of aromatic carboxylic acids is 2. The van der Waals surface area contributed by atoms with Gasteiger partial charge in [-0.05, 0) is 54.4 Å². The lowest BCUT2D eigenvalue weighted by atomic mass is 9.74. The lowest BCUT2D eigenvalue weighted by Crippen LogP contribution is -2.23. The monoisotopic (exact) mass is 274 g/mol. The summed E-state index contributed by atoms with van der Waals surface area (Å²) in [5.74, 6) is -1.63. The summed E-state index contributed by atoms with van der Waals surface area (Å²) in [6.45, 7) is 0. The van der Waals surface area contributed by atoms with Crippen LogP contribution in [-0.4, -0.2) is 22.2 Å². The third kappa shape index (κ3) is 1.99. The van der Waals surface area contributed by atoms with Gasteiger partial charge in [-0.15, -0.1) is 0 Å². The smallest absolute Gasteiger partial charge is 0.336 e. The van der Waals surface area contributed by atoms with E-state index in [9.17, 15) is 19.8 Å². The summed E-state index contributed by atoms with van der Waals surface area (Å²) < 4.78 is 0. The van der Waals surface area contributed by atoms with Gasteiger partial charge in [-0.25, -0.2) is 9.59 Å². The second-order valence-corrected chi connectivity index (χ2v) is 5.79. The molecule has 0 heterocycles. The summed E-state index contributed by atoms with van der Waals surface area (Å²) in [4.78, 5) is 23.0. The summed E-state index contributed by atoms with van der Waals surface area (Å²) in [6.07, 6.45) is 6.71. The lowest BCUT2D eigenvalue weighted by Gasteiger charge is -2.30. The van der Waals surface area contributed by atoms with Crippen molar-refractivity contribution < 1.29 is 19.8 Å². The van der Waals surface area contributed by atoms with E-state index in [4.69, 9.17) is 0 Å². The Morgan fingerprint density at radius 2 is 1.60 bits per heavy atom. The molecule has 2 aliphatic carbocycles. The van der Waals surface area contributed by atoms with Crippen LogP contribution in [0, 0.1) is 0 Å². The number of rotatable bonds is 3. The van der Waals surface area contributed by atoms with Crippen molar-refractivity contribution in [3.63, 3.8) is 0 Å². The maximum Gasteiger partial charge on any atom is 0.336 e. The highest BCUT2D eigenvalue weighted by Gasteiger charge is 2.32. The van der Waals surface area contributed by atoms with Crippen molar-refractivity contribution in [2.45, 2.75) is 50.9 Å². The fourth-order valence-corrected chi connectivity index (χ4v) is 3.62. The number of benzene rings is 1. The van der Waals surface area contributed by atoms with E-state index in [1.807, 2.05) is 0 Å². The van der Waals surface area contributed by atoms with Gasteiger partial charge in [0, 0.05) is 0 Å². The maximum absolute atomic E-state index is 11.6. The molecule has 1 saturated carbocycles. The third-order valence-corrected chi connectivity index (χ3v) is 4.69. The molecule has 0 aromatic heterocycles. The molecule has 0 bridgehead atoms. The topological polar surface area (TPSA) is 74.6 Å². The molecule has 2 aliphatic rings. The molecule has 4 nitrogen and oxygen atoms in total. The van der Waals surface area contributed by atoms with Gasteiger partial charge in [0.1, 0.15) is 0 Å². The van der Waals surface area contributed by atoms with Crippen LogP contribution in [0.5, 0.6) is 0 Å². The van der Waals surface area contributed by atoms with Crippen molar-refractivity contribution in [1.29, 1.82) is 0 Å². The molecule has 4 heteroatoms. The van der Waals surface area contributed by atoms with Gasteiger partial charge in [0.2, 0.25) is 0 Å². The Morgan fingerprint density at radius 1 is 0.950 bits per heavy atom. The first-order valence-electron chi connectivity index (χ1n) is 7.25. The van der Waals surface area contributed by atoms with Crippen molar-refractivity contribution in [1.82, 2.24) is 0 Å². The van der Waals surface area contributed by atoms with Crippen LogP contribution in [0.15, 0.2) is 6.07 Å².